The summed E-state index contributed by atoms with van der Waals surface area (Å²) in [7, 11) is 0. The minimum atomic E-state index is 0.334. The van der Waals surface area contributed by atoms with Crippen LogP contribution in [0.4, 0.5) is 0 Å². The highest BCUT2D eigenvalue weighted by molar-refractivity contribution is 6.30. The molecule has 11 rings (SSSR count). The first-order valence-electron chi connectivity index (χ1n) is 17.4. The predicted octanol–water partition coefficient (Wildman–Crippen LogP) is 12.4. The van der Waals surface area contributed by atoms with E-state index in [0.29, 0.717) is 17.8 Å². The van der Waals surface area contributed by atoms with Gasteiger partial charge in [0, 0.05) is 11.8 Å². The lowest BCUT2D eigenvalue weighted by atomic mass is 9.68. The monoisotopic (exact) mass is 598 g/mol. The highest BCUT2D eigenvalue weighted by Gasteiger charge is 2.45. The molecule has 3 atom stereocenters. The van der Waals surface area contributed by atoms with E-state index in [1.54, 1.807) is 0 Å². The van der Waals surface area contributed by atoms with Crippen molar-refractivity contribution in [3.8, 4) is 22.3 Å². The van der Waals surface area contributed by atoms with Crippen LogP contribution in [0.25, 0.3) is 66.1 Å². The third kappa shape index (κ3) is 3.38. The van der Waals surface area contributed by atoms with Gasteiger partial charge in [-0.2, -0.15) is 0 Å². The second-order valence-electron chi connectivity index (χ2n) is 14.3. The molecule has 0 aliphatic heterocycles. The van der Waals surface area contributed by atoms with Gasteiger partial charge < -0.3 is 0 Å². The van der Waals surface area contributed by atoms with E-state index in [1.807, 2.05) is 0 Å². The Hall–Kier alpha value is -5.20. The highest BCUT2D eigenvalue weighted by Crippen LogP contribution is 2.63. The fraction of sp³-hybridized carbons (Fsp3) is 0.149. The fourth-order valence-electron chi connectivity index (χ4n) is 9.95. The second-order valence-corrected chi connectivity index (χ2v) is 14.3. The van der Waals surface area contributed by atoms with Crippen LogP contribution in [0.1, 0.15) is 48.4 Å². The van der Waals surface area contributed by atoms with Gasteiger partial charge in [0.2, 0.25) is 0 Å². The van der Waals surface area contributed by atoms with Crippen molar-refractivity contribution in [2.75, 3.05) is 0 Å². The number of allylic oxidation sites excluding steroid dienone is 14. The predicted molar refractivity (Wildman–Crippen MR) is 200 cm³/mol. The minimum absolute atomic E-state index is 0.334. The highest BCUT2D eigenvalue weighted by atomic mass is 14.5. The molecule has 0 bridgehead atoms. The molecule has 0 nitrogen and oxygen atoms in total. The van der Waals surface area contributed by atoms with E-state index in [2.05, 4.69) is 140 Å². The number of benzene rings is 5. The van der Waals surface area contributed by atoms with Gasteiger partial charge in [-0.05, 0) is 131 Å². The topological polar surface area (TPSA) is 0 Å². The molecule has 3 unspecified atom stereocenters. The smallest absolute Gasteiger partial charge is 0.0206 e. The van der Waals surface area contributed by atoms with Gasteiger partial charge in [0.1, 0.15) is 0 Å². The molecule has 5 aromatic carbocycles. The maximum absolute atomic E-state index is 2.62. The Morgan fingerprint density at radius 1 is 0.660 bits per heavy atom. The van der Waals surface area contributed by atoms with E-state index in [0.717, 1.165) is 19.3 Å². The lowest BCUT2D eigenvalue weighted by Gasteiger charge is -2.35. The van der Waals surface area contributed by atoms with E-state index in [9.17, 15) is 0 Å². The zero-order chi connectivity index (χ0) is 30.8. The van der Waals surface area contributed by atoms with Crippen molar-refractivity contribution in [1.29, 1.82) is 0 Å². The summed E-state index contributed by atoms with van der Waals surface area (Å²) in [6, 6.07) is 32.2. The van der Waals surface area contributed by atoms with Crippen LogP contribution in [0, 0.1) is 17.8 Å². The SMILES string of the molecule is CC1C=CC2=C(C=C3c4c(c(-c5ccccc5)c5cc6c7c(cccc7c5c4-c4ccccc4)C4=C6CCC=C4)C4=CC=CC2C43)C1. The summed E-state index contributed by atoms with van der Waals surface area (Å²) in [5.74, 6) is 1.27. The average molecular weight is 599 g/mol. The standard InChI is InChI=1S/C47H34/c1-27-22-23-31-30(24-27)25-39-44-34(31)18-10-21-37(44)46-41(28-12-4-2-5-13-28)40-26-38-33-17-9-8-16-32(33)35-19-11-20-36(43(35)38)45(40)42(47(39)46)29-14-6-3-7-15-29/h2-8,10-16,18-23,25-27,34,44H,9,17,24H2,1H3. The number of hydrogen-bond donors (Lipinski definition) is 0. The molecule has 222 valence electrons. The van der Waals surface area contributed by atoms with Crippen LogP contribution >= 0.6 is 0 Å². The van der Waals surface area contributed by atoms with Crippen LogP contribution < -0.4 is 0 Å². The molecule has 0 heterocycles. The molecule has 0 spiro atoms. The molecule has 0 heteroatoms. The van der Waals surface area contributed by atoms with E-state index >= 15 is 0 Å². The summed E-state index contributed by atoms with van der Waals surface area (Å²) in [5, 5.41) is 5.62. The van der Waals surface area contributed by atoms with Crippen molar-refractivity contribution >= 4 is 43.8 Å². The lowest BCUT2D eigenvalue weighted by Crippen LogP contribution is -2.22. The average Bonchev–Trinajstić information content (AvgIpc) is 3.62. The van der Waals surface area contributed by atoms with Crippen LogP contribution in [0.5, 0.6) is 0 Å². The Bertz CT molecular complexity index is 2470. The van der Waals surface area contributed by atoms with Gasteiger partial charge >= 0.3 is 0 Å². The Morgan fingerprint density at radius 2 is 1.45 bits per heavy atom. The molecule has 0 aromatic heterocycles. The molecule has 0 saturated carbocycles. The summed E-state index contributed by atoms with van der Waals surface area (Å²) in [6.07, 6.45) is 22.8. The first-order valence-corrected chi connectivity index (χ1v) is 17.4. The molecule has 0 saturated heterocycles. The first-order chi connectivity index (χ1) is 23.3. The van der Waals surface area contributed by atoms with Crippen molar-refractivity contribution in [2.24, 2.45) is 17.8 Å². The van der Waals surface area contributed by atoms with E-state index < -0.39 is 0 Å². The molecule has 47 heavy (non-hydrogen) atoms. The van der Waals surface area contributed by atoms with Crippen LogP contribution in [0.15, 0.2) is 145 Å². The van der Waals surface area contributed by atoms with Crippen LogP contribution in [0.3, 0.4) is 0 Å². The number of fused-ring (bicyclic) bond motifs is 8. The number of hydrogen-bond acceptors (Lipinski definition) is 0. The Balaban J connectivity index is 1.38. The zero-order valence-electron chi connectivity index (χ0n) is 26.6. The Kier molecular flexibility index (Phi) is 5.20. The molecular weight excluding hydrogens is 565 g/mol. The van der Waals surface area contributed by atoms with E-state index in [-0.39, 0.29) is 0 Å². The summed E-state index contributed by atoms with van der Waals surface area (Å²) >= 11 is 0. The fourth-order valence-corrected chi connectivity index (χ4v) is 9.95. The van der Waals surface area contributed by atoms with Gasteiger partial charge in [-0.3, -0.25) is 0 Å². The molecule has 0 fully saturated rings. The van der Waals surface area contributed by atoms with Gasteiger partial charge in [0.25, 0.3) is 0 Å². The maximum atomic E-state index is 2.62. The molecule has 0 N–H and O–H groups in total. The third-order valence-corrected chi connectivity index (χ3v) is 11.7. The first kappa shape index (κ1) is 25.9. The van der Waals surface area contributed by atoms with Crippen molar-refractivity contribution < 1.29 is 0 Å². The molecule has 6 aliphatic rings. The van der Waals surface area contributed by atoms with E-state index in [4.69, 9.17) is 0 Å². The summed E-state index contributed by atoms with van der Waals surface area (Å²) in [4.78, 5) is 0. The molecule has 0 radical (unpaired) electrons. The molecule has 0 amide bonds. The molecule has 5 aromatic rings. The molecule has 6 aliphatic carbocycles. The summed E-state index contributed by atoms with van der Waals surface area (Å²) < 4.78 is 0. The van der Waals surface area contributed by atoms with Gasteiger partial charge in [-0.15, -0.1) is 0 Å². The van der Waals surface area contributed by atoms with Gasteiger partial charge in [-0.25, -0.2) is 0 Å². The van der Waals surface area contributed by atoms with Crippen molar-refractivity contribution in [1.82, 2.24) is 0 Å². The van der Waals surface area contributed by atoms with Crippen LogP contribution in [-0.4, -0.2) is 0 Å². The Morgan fingerprint density at radius 3 is 2.28 bits per heavy atom. The Labute approximate surface area is 276 Å². The van der Waals surface area contributed by atoms with Gasteiger partial charge in [0.05, 0.1) is 0 Å². The summed E-state index contributed by atoms with van der Waals surface area (Å²) in [6.45, 7) is 2.36. The van der Waals surface area contributed by atoms with Gasteiger partial charge in [0.15, 0.2) is 0 Å². The largest absolute Gasteiger partial charge is 0.0836 e. The number of rotatable bonds is 2. The third-order valence-electron chi connectivity index (χ3n) is 11.7. The van der Waals surface area contributed by atoms with Crippen molar-refractivity contribution in [3.05, 3.63) is 167 Å². The maximum Gasteiger partial charge on any atom is 0.0206 e. The zero-order valence-corrected chi connectivity index (χ0v) is 26.6. The van der Waals surface area contributed by atoms with Crippen LogP contribution in [-0.2, 0) is 0 Å². The van der Waals surface area contributed by atoms with Crippen molar-refractivity contribution in [2.45, 2.75) is 26.2 Å². The van der Waals surface area contributed by atoms with Crippen LogP contribution in [0.2, 0.25) is 0 Å². The van der Waals surface area contributed by atoms with E-state index in [1.165, 1.54) is 99.5 Å². The molecular formula is C47H34. The minimum Gasteiger partial charge on any atom is -0.0836 e. The van der Waals surface area contributed by atoms with Crippen molar-refractivity contribution in [3.63, 3.8) is 0 Å². The summed E-state index contributed by atoms with van der Waals surface area (Å²) in [5.41, 5.74) is 20.2. The second kappa shape index (κ2) is 9.43. The quantitative estimate of drug-likeness (QED) is 0.177. The normalized spacial score (nSPS) is 22.8. The lowest BCUT2D eigenvalue weighted by molar-refractivity contribution is 0.629. The van der Waals surface area contributed by atoms with Gasteiger partial charge in [-0.1, -0.05) is 134 Å².